The molecule has 13 heavy (non-hydrogen) atoms. The van der Waals surface area contributed by atoms with Crippen LogP contribution in [0.5, 0.6) is 0 Å². The average Bonchev–Trinajstić information content (AvgIpc) is 2.17. The van der Waals surface area contributed by atoms with Crippen LogP contribution >= 0.6 is 0 Å². The molecule has 0 aliphatic rings. The van der Waals surface area contributed by atoms with Crippen molar-refractivity contribution in [1.29, 1.82) is 0 Å². The fourth-order valence-corrected chi connectivity index (χ4v) is 1.05. The van der Waals surface area contributed by atoms with Crippen LogP contribution < -0.4 is 0 Å². The number of carbonyl (C=O) groups is 2. The molecular weight excluding hydrogens is 164 g/mol. The zero-order valence-corrected chi connectivity index (χ0v) is 8.09. The zero-order valence-electron chi connectivity index (χ0n) is 8.09. The number of hydrogen-bond acceptors (Lipinski definition) is 2. The van der Waals surface area contributed by atoms with E-state index in [1.807, 2.05) is 6.92 Å². The minimum Gasteiger partial charge on any atom is -0.290 e. The van der Waals surface area contributed by atoms with Gasteiger partial charge in [-0.3, -0.25) is 9.59 Å². The van der Waals surface area contributed by atoms with Gasteiger partial charge in [0.1, 0.15) is 0 Å². The van der Waals surface area contributed by atoms with E-state index in [1.54, 1.807) is 6.92 Å². The molecule has 0 bridgehead atoms. The maximum absolute atomic E-state index is 11.2. The highest BCUT2D eigenvalue weighted by Crippen LogP contribution is 2.11. The van der Waals surface area contributed by atoms with Crippen LogP contribution in [-0.4, -0.2) is 11.6 Å². The van der Waals surface area contributed by atoms with Gasteiger partial charge in [-0.1, -0.05) is 20.1 Å². The van der Waals surface area contributed by atoms with Crippen LogP contribution in [0.4, 0.5) is 0 Å². The first-order valence-electron chi connectivity index (χ1n) is 4.11. The van der Waals surface area contributed by atoms with Crippen LogP contribution in [-0.2, 0) is 9.59 Å². The van der Waals surface area contributed by atoms with E-state index in [4.69, 9.17) is 0 Å². The largest absolute Gasteiger partial charge is 0.290 e. The van der Waals surface area contributed by atoms with Crippen LogP contribution in [0.1, 0.15) is 20.3 Å². The van der Waals surface area contributed by atoms with Gasteiger partial charge < -0.3 is 0 Å². The highest BCUT2D eigenvalue weighted by Gasteiger charge is 2.10. The summed E-state index contributed by atoms with van der Waals surface area (Å²) in [5.41, 5.74) is 0.974. The monoisotopic (exact) mass is 178 g/mol. The molecule has 0 saturated carbocycles. The Kier molecular flexibility index (Phi) is 4.67. The maximum atomic E-state index is 11.2. The molecule has 0 spiro atoms. The quantitative estimate of drug-likeness (QED) is 0.605. The van der Waals surface area contributed by atoms with E-state index in [-0.39, 0.29) is 11.6 Å². The molecule has 2 heteroatoms. The van der Waals surface area contributed by atoms with Crippen molar-refractivity contribution in [3.8, 4) is 0 Å². The molecule has 0 rings (SSSR count). The topological polar surface area (TPSA) is 34.1 Å². The van der Waals surface area contributed by atoms with Crippen LogP contribution in [0.3, 0.4) is 0 Å². The Morgan fingerprint density at radius 1 is 1.15 bits per heavy atom. The van der Waals surface area contributed by atoms with Crippen LogP contribution in [0.25, 0.3) is 0 Å². The third-order valence-corrected chi connectivity index (χ3v) is 1.84. The Bertz CT molecular complexity index is 282. The summed E-state index contributed by atoms with van der Waals surface area (Å²) >= 11 is 0. The van der Waals surface area contributed by atoms with E-state index in [1.165, 1.54) is 12.2 Å². The zero-order chi connectivity index (χ0) is 10.4. The van der Waals surface area contributed by atoms with Crippen molar-refractivity contribution >= 4 is 11.6 Å². The van der Waals surface area contributed by atoms with Gasteiger partial charge in [0.2, 0.25) is 0 Å². The first-order chi connectivity index (χ1) is 6.08. The highest BCUT2D eigenvalue weighted by molar-refractivity contribution is 6.13. The Morgan fingerprint density at radius 3 is 1.92 bits per heavy atom. The van der Waals surface area contributed by atoms with Crippen LogP contribution in [0.2, 0.25) is 0 Å². The third-order valence-electron chi connectivity index (χ3n) is 1.84. The smallest absolute Gasteiger partial charge is 0.181 e. The summed E-state index contributed by atoms with van der Waals surface area (Å²) in [5.74, 6) is -0.387. The van der Waals surface area contributed by atoms with Crippen molar-refractivity contribution < 1.29 is 9.59 Å². The first kappa shape index (κ1) is 11.6. The van der Waals surface area contributed by atoms with Gasteiger partial charge in [0.25, 0.3) is 0 Å². The van der Waals surface area contributed by atoms with E-state index >= 15 is 0 Å². The summed E-state index contributed by atoms with van der Waals surface area (Å²) in [6.07, 6.45) is 2.97. The Labute approximate surface area is 78.6 Å². The molecule has 0 radical (unpaired) electrons. The van der Waals surface area contributed by atoms with E-state index in [2.05, 4.69) is 13.2 Å². The number of rotatable bonds is 5. The lowest BCUT2D eigenvalue weighted by molar-refractivity contribution is -0.113. The molecule has 0 fully saturated rings. The van der Waals surface area contributed by atoms with Gasteiger partial charge in [-0.2, -0.15) is 0 Å². The second-order valence-corrected chi connectivity index (χ2v) is 2.59. The number of allylic oxidation sites excluding steroid dienone is 4. The second-order valence-electron chi connectivity index (χ2n) is 2.59. The van der Waals surface area contributed by atoms with Crippen LogP contribution in [0, 0.1) is 0 Å². The predicted molar refractivity (Wildman–Crippen MR) is 53.4 cm³/mol. The first-order valence-corrected chi connectivity index (χ1v) is 4.11. The lowest BCUT2D eigenvalue weighted by atomic mass is 9.99. The molecule has 70 valence electrons. The molecule has 0 amide bonds. The van der Waals surface area contributed by atoms with E-state index in [0.717, 1.165) is 0 Å². The number of ketones is 2. The Balaban J connectivity index is 5.11. The van der Waals surface area contributed by atoms with Gasteiger partial charge >= 0.3 is 0 Å². The second kappa shape index (κ2) is 5.25. The van der Waals surface area contributed by atoms with Gasteiger partial charge in [-0.15, -0.1) is 0 Å². The lowest BCUT2D eigenvalue weighted by Crippen LogP contribution is -2.06. The highest BCUT2D eigenvalue weighted by atomic mass is 16.1. The molecule has 0 N–H and O–H groups in total. The van der Waals surface area contributed by atoms with Gasteiger partial charge in [-0.05, 0) is 25.5 Å². The molecule has 0 aromatic heterocycles. The normalized spacial score (nSPS) is 11.5. The fourth-order valence-electron chi connectivity index (χ4n) is 1.05. The number of carbonyl (C=O) groups excluding carboxylic acids is 2. The van der Waals surface area contributed by atoms with Crippen molar-refractivity contribution in [2.75, 3.05) is 0 Å². The molecule has 0 aromatic rings. The summed E-state index contributed by atoms with van der Waals surface area (Å²) in [7, 11) is 0. The molecule has 0 atom stereocenters. The van der Waals surface area contributed by atoms with Gasteiger partial charge in [-0.25, -0.2) is 0 Å². The molecule has 0 aromatic carbocycles. The molecule has 0 heterocycles. The van der Waals surface area contributed by atoms with Crippen molar-refractivity contribution in [2.24, 2.45) is 0 Å². The standard InChI is InChI=1S/C11H14O2/c1-5-9(11(13)7-3)8(4)10(12)6-2/h6-7H,2-3,5H2,1,4H3. The molecule has 0 unspecified atom stereocenters. The maximum Gasteiger partial charge on any atom is 0.181 e. The average molecular weight is 178 g/mol. The van der Waals surface area contributed by atoms with Crippen molar-refractivity contribution in [3.63, 3.8) is 0 Å². The van der Waals surface area contributed by atoms with Crippen molar-refractivity contribution in [2.45, 2.75) is 20.3 Å². The summed E-state index contributed by atoms with van der Waals surface area (Å²) in [6.45, 7) is 10.2. The molecule has 0 aliphatic carbocycles. The summed E-state index contributed by atoms with van der Waals surface area (Å²) in [4.78, 5) is 22.4. The molecule has 0 aliphatic heterocycles. The number of hydrogen-bond donors (Lipinski definition) is 0. The minimum atomic E-state index is -0.202. The Hall–Kier alpha value is -1.44. The van der Waals surface area contributed by atoms with E-state index in [0.29, 0.717) is 17.6 Å². The van der Waals surface area contributed by atoms with Gasteiger partial charge in [0.05, 0.1) is 0 Å². The van der Waals surface area contributed by atoms with Crippen molar-refractivity contribution in [1.82, 2.24) is 0 Å². The summed E-state index contributed by atoms with van der Waals surface area (Å²) in [5, 5.41) is 0. The third kappa shape index (κ3) is 2.82. The molecule has 0 saturated heterocycles. The fraction of sp³-hybridized carbons (Fsp3) is 0.273. The molecular formula is C11H14O2. The lowest BCUT2D eigenvalue weighted by Gasteiger charge is -2.03. The van der Waals surface area contributed by atoms with Crippen molar-refractivity contribution in [3.05, 3.63) is 36.5 Å². The SMILES string of the molecule is C=CC(=O)C(C)=C(CC)C(=O)C=C. The Morgan fingerprint density at radius 2 is 1.62 bits per heavy atom. The molecule has 2 nitrogen and oxygen atoms in total. The van der Waals surface area contributed by atoms with Gasteiger partial charge in [0.15, 0.2) is 11.6 Å². The van der Waals surface area contributed by atoms with Crippen LogP contribution in [0.15, 0.2) is 36.5 Å². The van der Waals surface area contributed by atoms with E-state index < -0.39 is 0 Å². The summed E-state index contributed by atoms with van der Waals surface area (Å²) < 4.78 is 0. The van der Waals surface area contributed by atoms with Gasteiger partial charge in [0, 0.05) is 11.1 Å². The predicted octanol–water partition coefficient (Wildman–Crippen LogP) is 2.22. The summed E-state index contributed by atoms with van der Waals surface area (Å²) in [6, 6.07) is 0. The van der Waals surface area contributed by atoms with E-state index in [9.17, 15) is 9.59 Å². The minimum absolute atomic E-state index is 0.185.